The molecule has 1 aromatic rings. The number of nitrogens with one attached hydrogen (secondary N) is 2. The van der Waals surface area contributed by atoms with Crippen LogP contribution in [0.4, 0.5) is 5.82 Å². The molecule has 1 heterocycles. The fourth-order valence-electron chi connectivity index (χ4n) is 2.31. The van der Waals surface area contributed by atoms with E-state index < -0.39 is 0 Å². The van der Waals surface area contributed by atoms with Crippen molar-refractivity contribution in [3.8, 4) is 12.1 Å². The number of rotatable bonds is 4. The van der Waals surface area contributed by atoms with Crippen LogP contribution in [0, 0.1) is 22.7 Å². The molecule has 0 spiro atoms. The normalized spacial score (nSPS) is 14.4. The number of pyridine rings is 1. The predicted octanol–water partition coefficient (Wildman–Crippen LogP) is 0.977. The van der Waals surface area contributed by atoms with E-state index in [4.69, 9.17) is 16.3 Å². The van der Waals surface area contributed by atoms with Crippen LogP contribution in [0.3, 0.4) is 0 Å². The number of amides is 1. The Hall–Kier alpha value is -2.25. The van der Waals surface area contributed by atoms with Crippen molar-refractivity contribution in [1.29, 1.82) is 10.5 Å². The minimum absolute atomic E-state index is 0.0490. The van der Waals surface area contributed by atoms with Crippen LogP contribution in [-0.4, -0.2) is 17.7 Å². The zero-order chi connectivity index (χ0) is 15.2. The summed E-state index contributed by atoms with van der Waals surface area (Å²) in [4.78, 5) is 14.7. The highest BCUT2D eigenvalue weighted by Crippen LogP contribution is 2.21. The van der Waals surface area contributed by atoms with Crippen molar-refractivity contribution in [3.63, 3.8) is 0 Å². The lowest BCUT2D eigenvalue weighted by atomic mass is 10.2. The van der Waals surface area contributed by atoms with Gasteiger partial charge in [-0.15, -0.1) is 0 Å². The van der Waals surface area contributed by atoms with E-state index in [2.05, 4.69) is 10.3 Å². The average Bonchev–Trinajstić information content (AvgIpc) is 2.98. The van der Waals surface area contributed by atoms with Gasteiger partial charge in [-0.2, -0.15) is 10.5 Å². The van der Waals surface area contributed by atoms with Gasteiger partial charge in [0.25, 0.3) is 5.82 Å². The molecule has 0 saturated heterocycles. The molecule has 108 valence electrons. The minimum atomic E-state index is -0.0490. The number of anilines is 1. The fourth-order valence-corrected chi connectivity index (χ4v) is 3.11. The molecule has 21 heavy (non-hydrogen) atoms. The van der Waals surface area contributed by atoms with E-state index in [0.29, 0.717) is 10.6 Å². The molecule has 0 bridgehead atoms. The summed E-state index contributed by atoms with van der Waals surface area (Å²) in [6.07, 6.45) is 4.40. The Bertz CT molecular complexity index is 625. The minimum Gasteiger partial charge on any atom is -0.353 e. The molecular formula is C14H16N5OS+. The summed E-state index contributed by atoms with van der Waals surface area (Å²) in [6.45, 7) is 0. The van der Waals surface area contributed by atoms with E-state index in [0.717, 1.165) is 25.7 Å². The first-order valence-corrected chi connectivity index (χ1v) is 7.70. The summed E-state index contributed by atoms with van der Waals surface area (Å²) in [5.41, 5.74) is 6.24. The van der Waals surface area contributed by atoms with Gasteiger partial charge >= 0.3 is 0 Å². The number of thioether (sulfide) groups is 1. The van der Waals surface area contributed by atoms with Gasteiger partial charge in [-0.25, -0.2) is 4.98 Å². The van der Waals surface area contributed by atoms with Gasteiger partial charge in [0.15, 0.2) is 5.03 Å². The van der Waals surface area contributed by atoms with E-state index in [1.165, 1.54) is 17.8 Å². The zero-order valence-electron chi connectivity index (χ0n) is 11.5. The first-order valence-electron chi connectivity index (χ1n) is 6.72. The second-order valence-corrected chi connectivity index (χ2v) is 5.89. The van der Waals surface area contributed by atoms with Crippen LogP contribution in [0.5, 0.6) is 0 Å². The number of nitrogen functional groups attached to an aromatic ring is 1. The first kappa shape index (κ1) is 15.1. The van der Waals surface area contributed by atoms with Gasteiger partial charge in [0.2, 0.25) is 5.91 Å². The van der Waals surface area contributed by atoms with Crippen molar-refractivity contribution in [1.82, 2.24) is 5.32 Å². The Morgan fingerprint density at radius 2 is 2.05 bits per heavy atom. The molecule has 0 unspecified atom stereocenters. The van der Waals surface area contributed by atoms with E-state index >= 15 is 0 Å². The van der Waals surface area contributed by atoms with Crippen molar-refractivity contribution in [3.05, 3.63) is 17.2 Å². The van der Waals surface area contributed by atoms with Gasteiger partial charge in [0.1, 0.15) is 23.3 Å². The molecule has 1 aliphatic rings. The van der Waals surface area contributed by atoms with Gasteiger partial charge in [-0.3, -0.25) is 10.5 Å². The largest absolute Gasteiger partial charge is 0.353 e. The maximum absolute atomic E-state index is 11.9. The lowest BCUT2D eigenvalue weighted by Gasteiger charge is -2.11. The van der Waals surface area contributed by atoms with Crippen molar-refractivity contribution in [2.24, 2.45) is 0 Å². The standard InChI is InChI=1S/C14H15N5OS/c15-6-9-5-10(7-16)14(19-13(9)17)21-8-12(20)18-11-3-1-2-4-11/h5,11H,1-4,8H2,(H2,17,19)(H,18,20)/p+1. The van der Waals surface area contributed by atoms with Crippen LogP contribution >= 0.6 is 11.8 Å². The highest BCUT2D eigenvalue weighted by atomic mass is 32.2. The van der Waals surface area contributed by atoms with Crippen LogP contribution in [0.25, 0.3) is 0 Å². The van der Waals surface area contributed by atoms with Gasteiger partial charge in [0, 0.05) is 6.04 Å². The number of carbonyl (C=O) groups is 1. The Labute approximate surface area is 127 Å². The number of hydrogen-bond donors (Lipinski definition) is 2. The molecule has 1 amide bonds. The predicted molar refractivity (Wildman–Crippen MR) is 78.0 cm³/mol. The zero-order valence-corrected chi connectivity index (χ0v) is 12.3. The lowest BCUT2D eigenvalue weighted by Crippen LogP contribution is -2.34. The van der Waals surface area contributed by atoms with E-state index in [1.807, 2.05) is 12.1 Å². The summed E-state index contributed by atoms with van der Waals surface area (Å²) in [7, 11) is 0. The fraction of sp³-hybridized carbons (Fsp3) is 0.429. The lowest BCUT2D eigenvalue weighted by molar-refractivity contribution is -0.410. The first-order chi connectivity index (χ1) is 10.1. The van der Waals surface area contributed by atoms with Gasteiger partial charge < -0.3 is 5.32 Å². The molecule has 1 fully saturated rings. The van der Waals surface area contributed by atoms with Crippen LogP contribution in [0.2, 0.25) is 0 Å². The summed E-state index contributed by atoms with van der Waals surface area (Å²) in [5.74, 6) is 0.370. The maximum Gasteiger partial charge on any atom is 0.289 e. The van der Waals surface area contributed by atoms with Crippen LogP contribution in [0.1, 0.15) is 36.8 Å². The number of aromatic amines is 1. The van der Waals surface area contributed by atoms with Crippen molar-refractivity contribution >= 4 is 23.5 Å². The SMILES string of the molecule is N#Cc1cc(C#N)c(SCC(=O)NC2CCCC2)[nH+]c1N. The third-order valence-corrected chi connectivity index (χ3v) is 4.40. The van der Waals surface area contributed by atoms with Crippen molar-refractivity contribution < 1.29 is 9.78 Å². The Balaban J connectivity index is 1.99. The van der Waals surface area contributed by atoms with Gasteiger partial charge in [-0.05, 0) is 18.9 Å². The van der Waals surface area contributed by atoms with Crippen LogP contribution in [0.15, 0.2) is 11.1 Å². The Morgan fingerprint density at radius 1 is 1.38 bits per heavy atom. The van der Waals surface area contributed by atoms with E-state index in [-0.39, 0.29) is 29.1 Å². The smallest absolute Gasteiger partial charge is 0.289 e. The number of nitrogens with two attached hydrogens (primary N) is 1. The molecule has 0 radical (unpaired) electrons. The number of hydrogen-bond acceptors (Lipinski definition) is 5. The van der Waals surface area contributed by atoms with Crippen LogP contribution < -0.4 is 16.0 Å². The summed E-state index contributed by atoms with van der Waals surface area (Å²) in [5, 5.41) is 21.5. The summed E-state index contributed by atoms with van der Waals surface area (Å²) >= 11 is 1.22. The Morgan fingerprint density at radius 3 is 2.67 bits per heavy atom. The third-order valence-electron chi connectivity index (χ3n) is 3.38. The van der Waals surface area contributed by atoms with Crippen LogP contribution in [-0.2, 0) is 4.79 Å². The molecule has 0 atom stereocenters. The number of aromatic nitrogens is 1. The molecule has 6 nitrogen and oxygen atoms in total. The molecule has 4 N–H and O–H groups in total. The van der Waals surface area contributed by atoms with E-state index in [1.54, 1.807) is 0 Å². The second kappa shape index (κ2) is 6.96. The molecular weight excluding hydrogens is 286 g/mol. The highest BCUT2D eigenvalue weighted by molar-refractivity contribution is 7.99. The molecule has 0 aromatic carbocycles. The summed E-state index contributed by atoms with van der Waals surface area (Å²) < 4.78 is 0. The molecule has 2 rings (SSSR count). The number of nitriles is 2. The number of carbonyl (C=O) groups excluding carboxylic acids is 1. The second-order valence-electron chi connectivity index (χ2n) is 4.90. The van der Waals surface area contributed by atoms with Crippen molar-refractivity contribution in [2.45, 2.75) is 36.8 Å². The monoisotopic (exact) mass is 302 g/mol. The number of nitrogens with zero attached hydrogens (tertiary/aromatic N) is 2. The van der Waals surface area contributed by atoms with Crippen molar-refractivity contribution in [2.75, 3.05) is 11.5 Å². The quantitative estimate of drug-likeness (QED) is 0.804. The molecule has 0 aliphatic heterocycles. The van der Waals surface area contributed by atoms with Gasteiger partial charge in [0.05, 0.1) is 5.75 Å². The summed E-state index contributed by atoms with van der Waals surface area (Å²) in [6, 6.07) is 5.63. The maximum atomic E-state index is 11.9. The van der Waals surface area contributed by atoms with Gasteiger partial charge in [-0.1, -0.05) is 24.6 Å². The number of H-pyrrole nitrogens is 1. The molecule has 1 saturated carbocycles. The topological polar surface area (TPSA) is 117 Å². The highest BCUT2D eigenvalue weighted by Gasteiger charge is 2.19. The average molecular weight is 302 g/mol. The molecule has 7 heteroatoms. The third kappa shape index (κ3) is 3.87. The molecule has 1 aliphatic carbocycles. The molecule has 1 aromatic heterocycles. The van der Waals surface area contributed by atoms with E-state index in [9.17, 15) is 4.79 Å². The Kier molecular flexibility index (Phi) is 5.02.